The molecule has 3 aromatic heterocycles. The van der Waals surface area contributed by atoms with E-state index in [2.05, 4.69) is 22.1 Å². The van der Waals surface area contributed by atoms with E-state index in [1.54, 1.807) is 30.9 Å². The maximum atomic E-state index is 15.5. The first kappa shape index (κ1) is 20.6. The highest BCUT2D eigenvalue weighted by Crippen LogP contribution is 2.34. The zero-order chi connectivity index (χ0) is 33.7. The molecule has 0 saturated carbocycles. The Morgan fingerprint density at radius 1 is 1.23 bits per heavy atom. The lowest BCUT2D eigenvalue weighted by molar-refractivity contribution is 0.0827. The number of carbonyl (C=O) groups is 1. The third-order valence-electron chi connectivity index (χ3n) is 7.69. The molecule has 1 aliphatic rings. The van der Waals surface area contributed by atoms with Gasteiger partial charge in [0.1, 0.15) is 11.5 Å². The zero-order valence-electron chi connectivity index (χ0n) is 28.8. The molecular weight excluding hydrogens is 507 g/mol. The summed E-state index contributed by atoms with van der Waals surface area (Å²) in [6, 6.07) is 9.41. The van der Waals surface area contributed by atoms with Crippen molar-refractivity contribution in [2.45, 2.75) is 26.3 Å². The molecule has 0 radical (unpaired) electrons. The maximum absolute atomic E-state index is 15.5. The van der Waals surface area contributed by atoms with Crippen molar-refractivity contribution in [1.29, 1.82) is 0 Å². The number of amides is 1. The van der Waals surface area contributed by atoms with Crippen molar-refractivity contribution in [2.75, 3.05) is 39.4 Å². The van der Waals surface area contributed by atoms with Crippen molar-refractivity contribution in [3.63, 3.8) is 0 Å². The van der Waals surface area contributed by atoms with Crippen molar-refractivity contribution in [3.8, 4) is 5.69 Å². The van der Waals surface area contributed by atoms with Crippen LogP contribution in [0.5, 0.6) is 0 Å². The second-order valence-corrected chi connectivity index (χ2v) is 10.0. The Morgan fingerprint density at radius 3 is 2.67 bits per heavy atom. The normalized spacial score (nSPS) is 17.6. The number of rotatable bonds is 6. The third-order valence-corrected chi connectivity index (χ3v) is 7.69. The molecule has 0 unspecified atom stereocenters. The zero-order valence-corrected chi connectivity index (χ0v) is 22.8. The fourth-order valence-corrected chi connectivity index (χ4v) is 5.52. The first-order valence-electron chi connectivity index (χ1n) is 16.0. The first-order valence-corrected chi connectivity index (χ1v) is 13.0. The fraction of sp³-hybridized carbons (Fsp3) is 0.323. The fourth-order valence-electron chi connectivity index (χ4n) is 5.52. The van der Waals surface area contributed by atoms with E-state index in [-0.39, 0.29) is 22.1 Å². The molecule has 4 heterocycles. The molecule has 1 aromatic carbocycles. The topological polar surface area (TPSA) is 75.4 Å². The predicted molar refractivity (Wildman–Crippen MR) is 158 cm³/mol. The van der Waals surface area contributed by atoms with Gasteiger partial charge < -0.3 is 14.8 Å². The Balaban J connectivity index is 1.40. The Morgan fingerprint density at radius 2 is 2.02 bits per heavy atom. The van der Waals surface area contributed by atoms with Crippen molar-refractivity contribution >= 4 is 28.2 Å². The molecule has 8 nitrogen and oxygen atoms in total. The number of hydrogen-bond acceptors (Lipinski definition) is 5. The molecule has 0 aliphatic carbocycles. The molecule has 0 fully saturated rings. The highest BCUT2D eigenvalue weighted by molar-refractivity contribution is 5.94. The lowest BCUT2D eigenvalue weighted by atomic mass is 9.92. The summed E-state index contributed by atoms with van der Waals surface area (Å²) in [7, 11) is 3.69. The number of carbonyl (C=O) groups excluding carboxylic acids is 1. The second kappa shape index (κ2) is 10.7. The van der Waals surface area contributed by atoms with Gasteiger partial charge >= 0.3 is 0 Å². The molecule has 40 heavy (non-hydrogen) atoms. The van der Waals surface area contributed by atoms with Crippen molar-refractivity contribution in [3.05, 3.63) is 93.4 Å². The minimum absolute atomic E-state index is 0.0510. The van der Waals surface area contributed by atoms with Crippen LogP contribution in [-0.2, 0) is 7.05 Å². The predicted octanol–water partition coefficient (Wildman–Crippen LogP) is 4.77. The lowest BCUT2D eigenvalue weighted by Crippen LogP contribution is -2.32. The van der Waals surface area contributed by atoms with Crippen LogP contribution in [0, 0.1) is 12.7 Å². The number of halogens is 1. The molecule has 5 rings (SSSR count). The summed E-state index contributed by atoms with van der Waals surface area (Å²) in [6.07, 6.45) is 5.85. The van der Waals surface area contributed by atoms with Crippen molar-refractivity contribution < 1.29 is 17.4 Å². The van der Waals surface area contributed by atoms with Gasteiger partial charge in [-0.25, -0.2) is 9.37 Å². The molecular formula is C31H35FN6O2. The third kappa shape index (κ3) is 4.81. The SMILES string of the molecule is [2H]C([2H])([2H])N(C(=O)c1cc(C)c(C2=CCN([C@@H](C)c3cc4c(-n5ccc(NC)cc5=O)ccnc4n3C)CC2)c(F)c1)C([2H])([2H])[2H]. The highest BCUT2D eigenvalue weighted by Gasteiger charge is 2.25. The molecule has 0 bridgehead atoms. The molecule has 0 saturated heterocycles. The molecule has 1 N–H and O–H groups in total. The molecule has 1 atom stereocenters. The summed E-state index contributed by atoms with van der Waals surface area (Å²) < 4.78 is 64.2. The van der Waals surface area contributed by atoms with Crippen LogP contribution in [0.2, 0.25) is 0 Å². The first-order chi connectivity index (χ1) is 21.5. The van der Waals surface area contributed by atoms with E-state index in [9.17, 15) is 9.59 Å². The van der Waals surface area contributed by atoms with Crippen LogP contribution in [0.4, 0.5) is 10.1 Å². The van der Waals surface area contributed by atoms with Gasteiger partial charge in [0.05, 0.1) is 5.69 Å². The van der Waals surface area contributed by atoms with Crippen LogP contribution in [0.15, 0.2) is 59.7 Å². The summed E-state index contributed by atoms with van der Waals surface area (Å²) in [5.74, 6) is -2.02. The maximum Gasteiger partial charge on any atom is 0.257 e. The lowest BCUT2D eigenvalue weighted by Gasteiger charge is -2.32. The van der Waals surface area contributed by atoms with Gasteiger partial charge in [0.25, 0.3) is 11.5 Å². The highest BCUT2D eigenvalue weighted by atomic mass is 19.1. The number of aryl methyl sites for hydroxylation is 2. The Labute approximate surface area is 241 Å². The molecule has 1 amide bonds. The molecule has 9 heteroatoms. The van der Waals surface area contributed by atoms with Crippen molar-refractivity contribution in [2.24, 2.45) is 7.05 Å². The van der Waals surface area contributed by atoms with E-state index >= 15 is 4.39 Å². The number of nitrogens with one attached hydrogen (secondary N) is 1. The summed E-state index contributed by atoms with van der Waals surface area (Å²) >= 11 is 0. The van der Waals surface area contributed by atoms with Gasteiger partial charge in [0.15, 0.2) is 0 Å². The van der Waals surface area contributed by atoms with Gasteiger partial charge in [0.2, 0.25) is 0 Å². The minimum atomic E-state index is -3.23. The van der Waals surface area contributed by atoms with Crippen LogP contribution in [0.1, 0.15) is 54.8 Å². The van der Waals surface area contributed by atoms with Gasteiger partial charge in [-0.05, 0) is 61.7 Å². The van der Waals surface area contributed by atoms with E-state index in [0.717, 1.165) is 39.7 Å². The minimum Gasteiger partial charge on any atom is -0.388 e. The average molecular weight is 549 g/mol. The van der Waals surface area contributed by atoms with Crippen LogP contribution >= 0.6 is 0 Å². The van der Waals surface area contributed by atoms with Gasteiger partial charge in [-0.3, -0.25) is 19.1 Å². The van der Waals surface area contributed by atoms with Crippen LogP contribution in [-0.4, -0.2) is 63.9 Å². The molecule has 0 spiro atoms. The number of anilines is 1. The van der Waals surface area contributed by atoms with E-state index in [0.29, 0.717) is 30.6 Å². The van der Waals surface area contributed by atoms with Gasteiger partial charge in [-0.15, -0.1) is 0 Å². The van der Waals surface area contributed by atoms with Crippen molar-refractivity contribution in [1.82, 2.24) is 23.9 Å². The quantitative estimate of drug-likeness (QED) is 0.376. The van der Waals surface area contributed by atoms with E-state index < -0.39 is 25.7 Å². The van der Waals surface area contributed by atoms with Crippen LogP contribution < -0.4 is 10.9 Å². The number of benzene rings is 1. The van der Waals surface area contributed by atoms with Gasteiger partial charge in [-0.1, -0.05) is 6.08 Å². The molecule has 208 valence electrons. The number of aromatic nitrogens is 3. The van der Waals surface area contributed by atoms with Gasteiger partial charge in [-0.2, -0.15) is 0 Å². The average Bonchev–Trinajstić information content (AvgIpc) is 3.31. The number of hydrogen-bond donors (Lipinski definition) is 1. The van der Waals surface area contributed by atoms with Crippen LogP contribution in [0.25, 0.3) is 22.3 Å². The number of fused-ring (bicyclic) bond motifs is 1. The Kier molecular flexibility index (Phi) is 5.54. The summed E-state index contributed by atoms with van der Waals surface area (Å²) in [5, 5.41) is 3.81. The Bertz CT molecular complexity index is 1880. The number of pyridine rings is 2. The summed E-state index contributed by atoms with van der Waals surface area (Å²) in [6.45, 7) is -1.66. The summed E-state index contributed by atoms with van der Waals surface area (Å²) in [4.78, 5) is 32.4. The molecule has 1 aliphatic heterocycles. The van der Waals surface area contributed by atoms with Gasteiger partial charge in [0, 0.05) is 102 Å². The standard InChI is InChI=1S/C31H35FN6O2/c1-19-15-22(31(40)35(4)5)16-25(32)29(19)21-8-12-37(13-9-21)20(2)27-18-24-26(7-11-34-30(24)36(27)6)38-14-10-23(33-3)17-28(38)39/h7-8,10-11,14-18,20,33H,9,12-13H2,1-6H3/t20-/m0/s1/i4D3,5D3. The second-order valence-electron chi connectivity index (χ2n) is 10.0. The smallest absolute Gasteiger partial charge is 0.257 e. The number of nitrogens with zero attached hydrogens (tertiary/aromatic N) is 5. The Hall–Kier alpha value is -4.24. The molecule has 4 aromatic rings. The monoisotopic (exact) mass is 548 g/mol. The summed E-state index contributed by atoms with van der Waals surface area (Å²) in [5.41, 5.74) is 4.11. The van der Waals surface area contributed by atoms with E-state index in [4.69, 9.17) is 8.22 Å². The van der Waals surface area contributed by atoms with Crippen LogP contribution in [0.3, 0.4) is 0 Å². The largest absolute Gasteiger partial charge is 0.388 e. The van der Waals surface area contributed by atoms with E-state index in [1.165, 1.54) is 12.1 Å². The van der Waals surface area contributed by atoms with E-state index in [1.807, 2.05) is 35.9 Å².